The number of carbonyl (C=O) groups is 1. The van der Waals surface area contributed by atoms with Gasteiger partial charge < -0.3 is 25.0 Å². The molecule has 1 amide bonds. The number of fused-ring (bicyclic) bond motifs is 1. The van der Waals surface area contributed by atoms with Gasteiger partial charge in [-0.2, -0.15) is 0 Å². The van der Waals surface area contributed by atoms with Gasteiger partial charge in [0.1, 0.15) is 18.0 Å². The third-order valence-electron chi connectivity index (χ3n) is 7.34. The fourth-order valence-electron chi connectivity index (χ4n) is 4.79. The molecule has 4 aromatic rings. The van der Waals surface area contributed by atoms with Gasteiger partial charge in [-0.25, -0.2) is 14.4 Å². The largest absolute Gasteiger partial charge is 0.493 e. The van der Waals surface area contributed by atoms with Gasteiger partial charge >= 0.3 is 0 Å². The van der Waals surface area contributed by atoms with Crippen molar-refractivity contribution in [2.45, 2.75) is 26.2 Å². The second kappa shape index (κ2) is 12.3. The van der Waals surface area contributed by atoms with Crippen molar-refractivity contribution in [3.8, 4) is 11.5 Å². The average molecular weight is 544 g/mol. The van der Waals surface area contributed by atoms with E-state index in [0.717, 1.165) is 37.9 Å². The lowest BCUT2D eigenvalue weighted by atomic mass is 9.98. The minimum absolute atomic E-state index is 0.215. The lowest BCUT2D eigenvalue weighted by molar-refractivity contribution is 0.102. The van der Waals surface area contributed by atoms with Gasteiger partial charge in [-0.05, 0) is 87.3 Å². The number of hydrogen-bond acceptors (Lipinski definition) is 7. The molecule has 3 aromatic carbocycles. The number of ether oxygens (including phenoxy) is 2. The normalized spacial score (nSPS) is 14.2. The summed E-state index contributed by atoms with van der Waals surface area (Å²) in [4.78, 5) is 23.7. The smallest absolute Gasteiger partial charge is 0.255 e. The van der Waals surface area contributed by atoms with Gasteiger partial charge in [-0.1, -0.05) is 19.1 Å². The highest BCUT2D eigenvalue weighted by Crippen LogP contribution is 2.36. The molecule has 1 aliphatic rings. The Hall–Kier alpha value is -4.24. The fourth-order valence-corrected chi connectivity index (χ4v) is 4.79. The zero-order valence-electron chi connectivity index (χ0n) is 23.0. The van der Waals surface area contributed by atoms with Crippen LogP contribution in [0.4, 0.5) is 21.6 Å². The number of hydrogen-bond donors (Lipinski definition) is 2. The van der Waals surface area contributed by atoms with Crippen molar-refractivity contribution in [1.82, 2.24) is 14.9 Å². The van der Waals surface area contributed by atoms with E-state index in [2.05, 4.69) is 39.5 Å². The number of nitrogens with zero attached hydrogens (tertiary/aromatic N) is 3. The number of aromatic nitrogens is 2. The number of nitrogens with one attached hydrogen (secondary N) is 2. The molecule has 0 bridgehead atoms. The molecule has 208 valence electrons. The van der Waals surface area contributed by atoms with Crippen LogP contribution >= 0.6 is 0 Å². The minimum Gasteiger partial charge on any atom is -0.493 e. The monoisotopic (exact) mass is 543 g/mol. The number of rotatable bonds is 9. The summed E-state index contributed by atoms with van der Waals surface area (Å²) in [5.74, 6) is 1.27. The first-order chi connectivity index (χ1) is 19.4. The van der Waals surface area contributed by atoms with Crippen molar-refractivity contribution in [3.05, 3.63) is 77.9 Å². The number of likely N-dealkylation sites (tertiary alicyclic amines) is 1. The third-order valence-corrected chi connectivity index (χ3v) is 7.34. The maximum atomic E-state index is 15.1. The van der Waals surface area contributed by atoms with Crippen LogP contribution in [0.25, 0.3) is 10.9 Å². The molecule has 0 unspecified atom stereocenters. The molecule has 9 heteroatoms. The molecule has 0 atom stereocenters. The maximum absolute atomic E-state index is 15.1. The SMILES string of the molecule is CCc1ccc(C(=O)Nc2ccc(Nc3ncnc4cc(OCC5CCN(C)CC5)c(OC)cc34)c(F)c2)cc1. The zero-order chi connectivity index (χ0) is 28.1. The molecule has 2 N–H and O–H groups in total. The van der Waals surface area contributed by atoms with E-state index in [1.54, 1.807) is 37.4 Å². The molecule has 8 nitrogen and oxygen atoms in total. The Labute approximate surface area is 233 Å². The van der Waals surface area contributed by atoms with Gasteiger partial charge in [0.25, 0.3) is 5.91 Å². The lowest BCUT2D eigenvalue weighted by Gasteiger charge is -2.28. The van der Waals surface area contributed by atoms with Gasteiger partial charge in [-0.3, -0.25) is 4.79 Å². The van der Waals surface area contributed by atoms with Crippen LogP contribution in [-0.2, 0) is 6.42 Å². The van der Waals surface area contributed by atoms with Crippen molar-refractivity contribution in [3.63, 3.8) is 0 Å². The predicted molar refractivity (Wildman–Crippen MR) is 155 cm³/mol. The first-order valence-electron chi connectivity index (χ1n) is 13.5. The first-order valence-corrected chi connectivity index (χ1v) is 13.5. The van der Waals surface area contributed by atoms with Crippen LogP contribution < -0.4 is 20.1 Å². The Morgan fingerprint density at radius 1 is 1.05 bits per heavy atom. The summed E-state index contributed by atoms with van der Waals surface area (Å²) in [5, 5.41) is 6.48. The summed E-state index contributed by atoms with van der Waals surface area (Å²) in [6.45, 7) is 4.81. The summed E-state index contributed by atoms with van der Waals surface area (Å²) < 4.78 is 26.9. The summed E-state index contributed by atoms with van der Waals surface area (Å²) in [6.07, 6.45) is 4.52. The third kappa shape index (κ3) is 6.31. The van der Waals surface area contributed by atoms with Gasteiger partial charge in [0.05, 0.1) is 24.9 Å². The number of aryl methyl sites for hydroxylation is 1. The van der Waals surface area contributed by atoms with E-state index in [1.165, 1.54) is 12.4 Å². The van der Waals surface area contributed by atoms with Gasteiger partial charge in [0, 0.05) is 22.7 Å². The Bertz CT molecular complexity index is 1490. The van der Waals surface area contributed by atoms with E-state index < -0.39 is 5.82 Å². The van der Waals surface area contributed by atoms with Crippen LogP contribution in [0.3, 0.4) is 0 Å². The Morgan fingerprint density at radius 3 is 2.52 bits per heavy atom. The van der Waals surface area contributed by atoms with Crippen molar-refractivity contribution in [2.75, 3.05) is 44.5 Å². The number of halogens is 1. The number of anilines is 3. The summed E-state index contributed by atoms with van der Waals surface area (Å²) in [7, 11) is 3.73. The average Bonchev–Trinajstić information content (AvgIpc) is 2.98. The molecule has 0 spiro atoms. The van der Waals surface area contributed by atoms with Crippen molar-refractivity contribution in [1.29, 1.82) is 0 Å². The van der Waals surface area contributed by atoms with E-state index in [1.807, 2.05) is 18.2 Å². The second-order valence-corrected chi connectivity index (χ2v) is 10.1. The molecule has 40 heavy (non-hydrogen) atoms. The number of piperidine rings is 1. The topological polar surface area (TPSA) is 88.6 Å². The highest BCUT2D eigenvalue weighted by molar-refractivity contribution is 6.04. The molecular formula is C31H34FN5O3. The highest BCUT2D eigenvalue weighted by atomic mass is 19.1. The Morgan fingerprint density at radius 2 is 1.82 bits per heavy atom. The first kappa shape index (κ1) is 27.3. The predicted octanol–water partition coefficient (Wildman–Crippen LogP) is 6.06. The van der Waals surface area contributed by atoms with Gasteiger partial charge in [0.2, 0.25) is 0 Å². The molecule has 1 aliphatic heterocycles. The van der Waals surface area contributed by atoms with Crippen LogP contribution in [0.5, 0.6) is 11.5 Å². The summed E-state index contributed by atoms with van der Waals surface area (Å²) >= 11 is 0. The standard InChI is InChI=1S/C31H34FN5O3/c1-4-20-5-7-22(8-6-20)31(38)35-23-9-10-26(25(32)15-23)36-30-24-16-28(39-3)29(17-27(24)33-19-34-30)40-18-21-11-13-37(2)14-12-21/h5-10,15-17,19,21H,4,11-14,18H2,1-3H3,(H,35,38)(H,33,34,36). The second-order valence-electron chi connectivity index (χ2n) is 10.1. The van der Waals surface area contributed by atoms with Crippen LogP contribution in [0.2, 0.25) is 0 Å². The zero-order valence-corrected chi connectivity index (χ0v) is 23.0. The molecule has 0 radical (unpaired) electrons. The van der Waals surface area contributed by atoms with Crippen LogP contribution in [0.15, 0.2) is 60.9 Å². The molecule has 2 heterocycles. The van der Waals surface area contributed by atoms with E-state index in [4.69, 9.17) is 9.47 Å². The molecule has 1 saturated heterocycles. The lowest BCUT2D eigenvalue weighted by Crippen LogP contribution is -2.32. The van der Waals surface area contributed by atoms with Gasteiger partial charge in [-0.15, -0.1) is 0 Å². The summed E-state index contributed by atoms with van der Waals surface area (Å²) in [5.41, 5.74) is 2.87. The minimum atomic E-state index is -0.532. The molecule has 5 rings (SSSR count). The summed E-state index contributed by atoms with van der Waals surface area (Å²) in [6, 6.07) is 15.5. The molecule has 1 aromatic heterocycles. The quantitative estimate of drug-likeness (QED) is 0.265. The van der Waals surface area contributed by atoms with Crippen molar-refractivity contribution in [2.24, 2.45) is 5.92 Å². The molecule has 1 fully saturated rings. The number of carbonyl (C=O) groups excluding carboxylic acids is 1. The molecule has 0 saturated carbocycles. The van der Waals surface area contributed by atoms with Crippen molar-refractivity contribution < 1.29 is 18.7 Å². The fraction of sp³-hybridized carbons (Fsp3) is 0.323. The maximum Gasteiger partial charge on any atom is 0.255 e. The van der Waals surface area contributed by atoms with Crippen LogP contribution in [0.1, 0.15) is 35.7 Å². The van der Waals surface area contributed by atoms with Crippen LogP contribution in [0, 0.1) is 11.7 Å². The molecule has 0 aliphatic carbocycles. The molecular weight excluding hydrogens is 509 g/mol. The van der Waals surface area contributed by atoms with Crippen LogP contribution in [-0.4, -0.2) is 54.6 Å². The van der Waals surface area contributed by atoms with Crippen molar-refractivity contribution >= 4 is 34.0 Å². The number of methoxy groups -OCH3 is 1. The number of amides is 1. The van der Waals surface area contributed by atoms with E-state index in [0.29, 0.717) is 52.0 Å². The Balaban J connectivity index is 1.30. The number of benzene rings is 3. The van der Waals surface area contributed by atoms with E-state index in [-0.39, 0.29) is 11.6 Å². The van der Waals surface area contributed by atoms with Gasteiger partial charge in [0.15, 0.2) is 11.5 Å². The Kier molecular flexibility index (Phi) is 8.40. The van der Waals surface area contributed by atoms with E-state index in [9.17, 15) is 4.79 Å². The van der Waals surface area contributed by atoms with E-state index >= 15 is 4.39 Å². The highest BCUT2D eigenvalue weighted by Gasteiger charge is 2.19.